The zero-order valence-corrected chi connectivity index (χ0v) is 15.3. The Morgan fingerprint density at radius 1 is 1.18 bits per heavy atom. The van der Waals surface area contributed by atoms with Crippen LogP contribution in [0.15, 0.2) is 41.1 Å². The van der Waals surface area contributed by atoms with Crippen molar-refractivity contribution in [2.24, 2.45) is 0 Å². The second kappa shape index (κ2) is 7.62. The molecule has 0 fully saturated rings. The molecule has 4 rings (SSSR count). The van der Waals surface area contributed by atoms with Crippen LogP contribution in [0.5, 0.6) is 0 Å². The molecule has 2 heterocycles. The molecule has 0 unspecified atom stereocenters. The number of fused-ring (bicyclic) bond motifs is 3. The van der Waals surface area contributed by atoms with Gasteiger partial charge in [0.15, 0.2) is 11.5 Å². The van der Waals surface area contributed by atoms with Crippen molar-refractivity contribution in [2.75, 3.05) is 0 Å². The van der Waals surface area contributed by atoms with Crippen molar-refractivity contribution < 1.29 is 42.9 Å². The second-order valence-corrected chi connectivity index (χ2v) is 6.78. The molecule has 11 heteroatoms. The first-order chi connectivity index (χ1) is 13.1. The van der Waals surface area contributed by atoms with Gasteiger partial charge in [0.1, 0.15) is 6.20 Å². The summed E-state index contributed by atoms with van der Waals surface area (Å²) >= 11 is 0. The second-order valence-electron chi connectivity index (χ2n) is 6.03. The third-order valence-corrected chi connectivity index (χ3v) is 4.05. The number of hydrogen-bond donors (Lipinski definition) is 0. The Labute approximate surface area is 160 Å². The molecular weight excluding hydrogens is 394 g/mol. The predicted molar refractivity (Wildman–Crippen MR) is 83.7 cm³/mol. The summed E-state index contributed by atoms with van der Waals surface area (Å²) in [4.78, 5) is 14.8. The highest BCUT2D eigenvalue weighted by Gasteiger charge is 2.28. The first kappa shape index (κ1) is 19.9. The molecule has 0 N–H and O–H groups in total. The van der Waals surface area contributed by atoms with Gasteiger partial charge in [-0.25, -0.2) is 18.6 Å². The van der Waals surface area contributed by atoms with Crippen molar-refractivity contribution in [1.82, 2.24) is 4.98 Å². The molecule has 1 aliphatic carbocycles. The quantitative estimate of drug-likeness (QED) is 0.277. The van der Waals surface area contributed by atoms with Crippen molar-refractivity contribution in [3.05, 3.63) is 69.2 Å². The monoisotopic (exact) mass is 407 g/mol. The number of halogens is 1. The van der Waals surface area contributed by atoms with Crippen LogP contribution in [-0.4, -0.2) is 9.91 Å². The Hall–Kier alpha value is -2.89. The van der Waals surface area contributed by atoms with Gasteiger partial charge in [-0.2, -0.15) is 0 Å². The van der Waals surface area contributed by atoms with E-state index in [0.29, 0.717) is 0 Å². The Kier molecular flexibility index (Phi) is 5.40. The first-order valence-corrected chi connectivity index (χ1v) is 9.23. The highest BCUT2D eigenvalue weighted by molar-refractivity contribution is 5.82. The third-order valence-electron chi connectivity index (χ3n) is 4.05. The number of hydrogen-bond acceptors (Lipinski definition) is 8. The number of allylic oxidation sites excluding steroid dienone is 1. The lowest BCUT2D eigenvalue weighted by atomic mass is 10.1. The van der Waals surface area contributed by atoms with Crippen LogP contribution in [0.2, 0.25) is 0 Å². The fourth-order valence-corrected chi connectivity index (χ4v) is 2.98. The molecular formula is C17H14ClN3O7. The van der Waals surface area contributed by atoms with Gasteiger partial charge in [-0.1, -0.05) is 0 Å². The van der Waals surface area contributed by atoms with Crippen LogP contribution in [0.3, 0.4) is 0 Å². The molecule has 1 aromatic carbocycles. The van der Waals surface area contributed by atoms with Crippen LogP contribution in [0.4, 0.5) is 5.69 Å². The lowest BCUT2D eigenvalue weighted by Gasteiger charge is -2.17. The Bertz CT molecular complexity index is 1050. The van der Waals surface area contributed by atoms with E-state index < -0.39 is 15.2 Å². The number of nitrogens with zero attached hydrogens (tertiary/aromatic N) is 3. The number of non-ortho nitro benzene ring substituents is 1. The summed E-state index contributed by atoms with van der Waals surface area (Å²) in [5.74, 6) is 0.812. The average molecular weight is 408 g/mol. The molecule has 0 spiro atoms. The van der Waals surface area contributed by atoms with Gasteiger partial charge in [0.25, 0.3) is 5.69 Å². The van der Waals surface area contributed by atoms with Gasteiger partial charge in [0.05, 0.1) is 11.0 Å². The van der Waals surface area contributed by atoms with E-state index in [2.05, 4.69) is 11.1 Å². The van der Waals surface area contributed by atoms with E-state index in [-0.39, 0.29) is 5.69 Å². The number of nitro groups is 1. The van der Waals surface area contributed by atoms with Crippen LogP contribution < -0.4 is 23.2 Å². The number of nitro benzene ring substituents is 1. The SMILES string of the molecule is Cc1cc2ncc3c([n+]2o1)C(=Cc1ccc([N+](=O)[O-])cc1)CC3.[O-][Cl+3]([O-])([O-])[O-]. The summed E-state index contributed by atoms with van der Waals surface area (Å²) in [6.07, 6.45) is 5.78. The average Bonchev–Trinajstić information content (AvgIpc) is 3.16. The summed E-state index contributed by atoms with van der Waals surface area (Å²) < 4.78 is 41.5. The van der Waals surface area contributed by atoms with Crippen molar-refractivity contribution >= 4 is 23.0 Å². The summed E-state index contributed by atoms with van der Waals surface area (Å²) in [7, 11) is -4.94. The lowest BCUT2D eigenvalue weighted by molar-refractivity contribution is -2.00. The van der Waals surface area contributed by atoms with Crippen LogP contribution in [0.25, 0.3) is 17.3 Å². The van der Waals surface area contributed by atoms with Gasteiger partial charge in [-0.3, -0.25) is 10.1 Å². The lowest BCUT2D eigenvalue weighted by Crippen LogP contribution is -2.68. The molecule has 28 heavy (non-hydrogen) atoms. The first-order valence-electron chi connectivity index (χ1n) is 7.99. The van der Waals surface area contributed by atoms with Crippen LogP contribution >= 0.6 is 0 Å². The van der Waals surface area contributed by atoms with Gasteiger partial charge in [-0.15, -0.1) is 10.2 Å². The normalized spacial score (nSPS) is 14.7. The van der Waals surface area contributed by atoms with E-state index >= 15 is 0 Å². The van der Waals surface area contributed by atoms with Gasteiger partial charge in [-0.05, 0) is 53.1 Å². The van der Waals surface area contributed by atoms with E-state index in [0.717, 1.165) is 46.6 Å². The summed E-state index contributed by atoms with van der Waals surface area (Å²) in [6, 6.07) is 8.48. The van der Waals surface area contributed by atoms with E-state index in [4.69, 9.17) is 23.2 Å². The van der Waals surface area contributed by atoms with Gasteiger partial charge < -0.3 is 4.52 Å². The fraction of sp³-hybridized carbons (Fsp3) is 0.176. The minimum Gasteiger partial charge on any atom is -0.300 e. The molecule has 3 aromatic rings. The van der Waals surface area contributed by atoms with Crippen molar-refractivity contribution in [3.8, 4) is 0 Å². The fourth-order valence-electron chi connectivity index (χ4n) is 2.98. The van der Waals surface area contributed by atoms with Gasteiger partial charge in [0, 0.05) is 23.3 Å². The number of benzene rings is 1. The van der Waals surface area contributed by atoms with Crippen LogP contribution in [-0.2, 0) is 6.42 Å². The largest absolute Gasteiger partial charge is 0.366 e. The Balaban J connectivity index is 0.000000403. The Morgan fingerprint density at radius 3 is 2.43 bits per heavy atom. The maximum atomic E-state index is 10.7. The molecule has 0 saturated carbocycles. The maximum Gasteiger partial charge on any atom is 0.366 e. The molecule has 0 radical (unpaired) electrons. The minimum absolute atomic E-state index is 0.0987. The predicted octanol–water partition coefficient (Wildman–Crippen LogP) is -1.64. The van der Waals surface area contributed by atoms with Crippen molar-refractivity contribution in [1.29, 1.82) is 0 Å². The molecule has 0 atom stereocenters. The molecule has 1 aliphatic rings. The topological polar surface area (TPSA) is 166 Å². The standard InChI is InChI=1S/C17H14N3O3.ClHO4/c1-11-8-16-18-10-14-5-4-13(17(14)19(16)23-11)9-12-2-6-15(7-3-12)20(21)22;2-1(3,4)5/h2-3,6-10H,4-5H2,1H3;(H,2,3,4,5)/q+1;/p-1. The van der Waals surface area contributed by atoms with Crippen LogP contribution in [0, 0.1) is 27.3 Å². The molecule has 2 aromatic heterocycles. The highest BCUT2D eigenvalue weighted by atomic mass is 35.7. The van der Waals surface area contributed by atoms with E-state index in [1.807, 2.05) is 19.2 Å². The third kappa shape index (κ3) is 4.68. The van der Waals surface area contributed by atoms with Crippen LogP contribution in [0.1, 0.15) is 29.0 Å². The van der Waals surface area contributed by atoms with E-state index in [9.17, 15) is 10.1 Å². The van der Waals surface area contributed by atoms with Crippen molar-refractivity contribution in [2.45, 2.75) is 19.8 Å². The zero-order valence-electron chi connectivity index (χ0n) is 14.5. The minimum atomic E-state index is -4.94. The molecule has 0 bridgehead atoms. The summed E-state index contributed by atoms with van der Waals surface area (Å²) in [6.45, 7) is 1.90. The molecule has 146 valence electrons. The molecule has 10 nitrogen and oxygen atoms in total. The summed E-state index contributed by atoms with van der Waals surface area (Å²) in [5, 5.41) is 10.7. The molecule has 0 amide bonds. The Morgan fingerprint density at radius 2 is 1.82 bits per heavy atom. The van der Waals surface area contributed by atoms with E-state index in [1.54, 1.807) is 16.7 Å². The molecule has 0 aliphatic heterocycles. The smallest absolute Gasteiger partial charge is 0.300 e. The number of aromatic nitrogens is 2. The zero-order chi connectivity index (χ0) is 20.5. The van der Waals surface area contributed by atoms with Crippen molar-refractivity contribution in [3.63, 3.8) is 0 Å². The number of aryl methyl sites for hydroxylation is 2. The highest BCUT2D eigenvalue weighted by Crippen LogP contribution is 2.31. The molecule has 0 saturated heterocycles. The summed E-state index contributed by atoms with van der Waals surface area (Å²) in [5.41, 5.74) is 5.18. The van der Waals surface area contributed by atoms with E-state index in [1.165, 1.54) is 12.1 Å². The van der Waals surface area contributed by atoms with Gasteiger partial charge >= 0.3 is 5.65 Å². The maximum absolute atomic E-state index is 10.7. The van der Waals surface area contributed by atoms with Gasteiger partial charge in [0.2, 0.25) is 0 Å². The number of rotatable bonds is 2.